The molecule has 166 valence electrons. The van der Waals surface area contributed by atoms with Gasteiger partial charge in [0.15, 0.2) is 0 Å². The van der Waals surface area contributed by atoms with Gasteiger partial charge in [0, 0.05) is 49.0 Å². The first kappa shape index (κ1) is 21.3. The van der Waals surface area contributed by atoms with E-state index in [0.717, 1.165) is 43.3 Å². The number of nitrogens with zero attached hydrogens (tertiary/aromatic N) is 2. The van der Waals surface area contributed by atoms with Gasteiger partial charge in [-0.1, -0.05) is 54.1 Å². The van der Waals surface area contributed by atoms with E-state index < -0.39 is 6.10 Å². The summed E-state index contributed by atoms with van der Waals surface area (Å²) in [7, 11) is 0. The van der Waals surface area contributed by atoms with Gasteiger partial charge in [-0.05, 0) is 47.0 Å². The Morgan fingerprint density at radius 2 is 1.75 bits per heavy atom. The Balaban J connectivity index is 1.07. The second kappa shape index (κ2) is 9.51. The number of piperazine rings is 1. The second-order valence-corrected chi connectivity index (χ2v) is 8.90. The molecule has 0 amide bonds. The summed E-state index contributed by atoms with van der Waals surface area (Å²) >= 11 is 5.99. The van der Waals surface area contributed by atoms with E-state index >= 15 is 0 Å². The summed E-state index contributed by atoms with van der Waals surface area (Å²) in [4.78, 5) is 10.3. The van der Waals surface area contributed by atoms with Crippen LogP contribution in [-0.4, -0.2) is 55.4 Å². The number of hydrogen-bond acceptors (Lipinski definition) is 5. The third-order valence-corrected chi connectivity index (χ3v) is 6.58. The molecule has 6 heteroatoms. The van der Waals surface area contributed by atoms with Gasteiger partial charge in [0.2, 0.25) is 0 Å². The van der Waals surface area contributed by atoms with Crippen LogP contribution in [0.5, 0.6) is 0 Å². The molecule has 1 heterocycles. The maximum atomic E-state index is 10.5. The number of hydrogen-bond donors (Lipinski definition) is 2. The lowest BCUT2D eigenvalue weighted by Gasteiger charge is -2.36. The van der Waals surface area contributed by atoms with Gasteiger partial charge in [-0.25, -0.2) is 0 Å². The molecule has 0 aromatic heterocycles. The lowest BCUT2D eigenvalue weighted by Crippen LogP contribution is -2.49. The van der Waals surface area contributed by atoms with Gasteiger partial charge in [0.1, 0.15) is 6.61 Å². The minimum Gasteiger partial charge on any atom is -0.389 e. The molecule has 1 fully saturated rings. The smallest absolute Gasteiger partial charge is 0.102 e. The number of aliphatic hydroxyl groups is 1. The number of nitrogens with one attached hydrogen (secondary N) is 1. The largest absolute Gasteiger partial charge is 0.389 e. The van der Waals surface area contributed by atoms with E-state index in [0.29, 0.717) is 6.54 Å². The zero-order chi connectivity index (χ0) is 21.9. The van der Waals surface area contributed by atoms with E-state index in [-0.39, 0.29) is 6.61 Å². The Morgan fingerprint density at radius 1 is 0.969 bits per heavy atom. The molecule has 0 bridgehead atoms. The van der Waals surface area contributed by atoms with Gasteiger partial charge in [0.25, 0.3) is 0 Å². The zero-order valence-corrected chi connectivity index (χ0v) is 18.8. The van der Waals surface area contributed by atoms with Gasteiger partial charge in [-0.2, -0.15) is 0 Å². The fourth-order valence-corrected chi connectivity index (χ4v) is 4.75. The molecular weight excluding hydrogens is 422 g/mol. The van der Waals surface area contributed by atoms with Crippen molar-refractivity contribution in [3.05, 3.63) is 82.9 Å². The summed E-state index contributed by atoms with van der Waals surface area (Å²) in [6.45, 7) is 4.56. The lowest BCUT2D eigenvalue weighted by atomic mass is 10.00. The summed E-state index contributed by atoms with van der Waals surface area (Å²) in [6, 6.07) is 20.7. The Labute approximate surface area is 193 Å². The predicted molar refractivity (Wildman–Crippen MR) is 131 cm³/mol. The van der Waals surface area contributed by atoms with Crippen molar-refractivity contribution in [1.29, 1.82) is 0 Å². The molecule has 1 aliphatic heterocycles. The van der Waals surface area contributed by atoms with Crippen LogP contribution in [0.4, 0.5) is 5.69 Å². The van der Waals surface area contributed by atoms with Crippen LogP contribution in [0.25, 0.3) is 16.5 Å². The monoisotopic (exact) mass is 449 g/mol. The van der Waals surface area contributed by atoms with Gasteiger partial charge >= 0.3 is 0 Å². The second-order valence-electron chi connectivity index (χ2n) is 8.47. The van der Waals surface area contributed by atoms with Crippen molar-refractivity contribution in [3.8, 4) is 0 Å². The van der Waals surface area contributed by atoms with Crippen LogP contribution in [0.2, 0.25) is 5.02 Å². The molecule has 1 saturated heterocycles. The normalized spacial score (nSPS) is 17.3. The van der Waals surface area contributed by atoms with Crippen molar-refractivity contribution >= 4 is 33.8 Å². The number of hydroxylamine groups is 1. The summed E-state index contributed by atoms with van der Waals surface area (Å²) < 4.78 is 0. The first-order chi connectivity index (χ1) is 15.7. The van der Waals surface area contributed by atoms with E-state index in [1.165, 1.54) is 27.6 Å². The molecule has 3 aromatic rings. The van der Waals surface area contributed by atoms with Crippen LogP contribution in [0.15, 0.2) is 66.7 Å². The number of anilines is 1. The van der Waals surface area contributed by atoms with Crippen molar-refractivity contribution in [2.75, 3.05) is 44.2 Å². The predicted octanol–water partition coefficient (Wildman–Crippen LogP) is 4.09. The fourth-order valence-electron chi connectivity index (χ4n) is 4.63. The Hall–Kier alpha value is -2.57. The number of rotatable bonds is 7. The summed E-state index contributed by atoms with van der Waals surface area (Å²) in [6.07, 6.45) is 2.50. The summed E-state index contributed by atoms with van der Waals surface area (Å²) in [5.74, 6) is 0. The first-order valence-electron chi connectivity index (χ1n) is 11.2. The van der Waals surface area contributed by atoms with E-state index in [4.69, 9.17) is 16.4 Å². The molecule has 0 spiro atoms. The molecule has 2 aliphatic rings. The molecule has 5 rings (SSSR count). The molecule has 0 saturated carbocycles. The Bertz CT molecular complexity index is 1110. The molecule has 1 atom stereocenters. The zero-order valence-electron chi connectivity index (χ0n) is 18.0. The first-order valence-corrected chi connectivity index (χ1v) is 11.5. The fraction of sp³-hybridized carbons (Fsp3) is 0.308. The summed E-state index contributed by atoms with van der Waals surface area (Å²) in [5, 5.41) is 13.8. The molecule has 2 N–H and O–H groups in total. The highest BCUT2D eigenvalue weighted by molar-refractivity contribution is 6.30. The van der Waals surface area contributed by atoms with Crippen LogP contribution in [0.3, 0.4) is 0 Å². The SMILES string of the molecule is OC(CONC1=CCc2c1ccc1ccccc21)CN1CCN(c2ccc(Cl)cc2)CC1. The van der Waals surface area contributed by atoms with Crippen molar-refractivity contribution in [2.24, 2.45) is 0 Å². The molecule has 3 aromatic carbocycles. The molecule has 1 aliphatic carbocycles. The maximum absolute atomic E-state index is 10.5. The van der Waals surface area contributed by atoms with Gasteiger partial charge < -0.3 is 10.0 Å². The minimum atomic E-state index is -0.539. The number of aliphatic hydroxyl groups excluding tert-OH is 1. The van der Waals surface area contributed by atoms with Gasteiger partial charge in [-0.3, -0.25) is 15.2 Å². The van der Waals surface area contributed by atoms with Crippen LogP contribution >= 0.6 is 11.6 Å². The minimum absolute atomic E-state index is 0.248. The van der Waals surface area contributed by atoms with Gasteiger partial charge in [0.05, 0.1) is 11.8 Å². The average molecular weight is 450 g/mol. The Kier molecular flexibility index (Phi) is 6.32. The van der Waals surface area contributed by atoms with E-state index in [1.807, 2.05) is 12.1 Å². The maximum Gasteiger partial charge on any atom is 0.102 e. The third kappa shape index (κ3) is 4.62. The molecule has 5 nitrogen and oxygen atoms in total. The van der Waals surface area contributed by atoms with Crippen molar-refractivity contribution in [1.82, 2.24) is 10.4 Å². The third-order valence-electron chi connectivity index (χ3n) is 6.33. The molecule has 1 unspecified atom stereocenters. The molecular formula is C26H28ClN3O2. The number of benzene rings is 3. The van der Waals surface area contributed by atoms with E-state index in [1.54, 1.807) is 0 Å². The highest BCUT2D eigenvalue weighted by Gasteiger charge is 2.21. The molecule has 32 heavy (non-hydrogen) atoms. The Morgan fingerprint density at radius 3 is 2.56 bits per heavy atom. The highest BCUT2D eigenvalue weighted by Crippen LogP contribution is 2.32. The highest BCUT2D eigenvalue weighted by atomic mass is 35.5. The number of β-amino-alcohol motifs (C(OH)–C–C–N with tert-alkyl or cyclic N) is 1. The topological polar surface area (TPSA) is 48.0 Å². The van der Waals surface area contributed by atoms with E-state index in [9.17, 15) is 5.11 Å². The number of allylic oxidation sites excluding steroid dienone is 1. The van der Waals surface area contributed by atoms with Crippen LogP contribution in [0, 0.1) is 0 Å². The standard InChI is InChI=1S/C26H28ClN3O2/c27-20-6-8-21(9-7-20)30-15-13-29(14-16-30)17-22(31)18-32-28-26-12-11-24-23-4-2-1-3-19(23)5-10-25(24)26/h1-10,12,22,28,31H,11,13-18H2. The molecule has 0 radical (unpaired) electrons. The lowest BCUT2D eigenvalue weighted by molar-refractivity contribution is -0.0111. The summed E-state index contributed by atoms with van der Waals surface area (Å²) in [5.41, 5.74) is 7.75. The average Bonchev–Trinajstić information content (AvgIpc) is 3.24. The van der Waals surface area contributed by atoms with Crippen LogP contribution in [-0.2, 0) is 11.3 Å². The van der Waals surface area contributed by atoms with Crippen molar-refractivity contribution in [3.63, 3.8) is 0 Å². The quantitative estimate of drug-likeness (QED) is 0.532. The van der Waals surface area contributed by atoms with Crippen molar-refractivity contribution in [2.45, 2.75) is 12.5 Å². The van der Waals surface area contributed by atoms with Crippen molar-refractivity contribution < 1.29 is 9.94 Å². The number of fused-ring (bicyclic) bond motifs is 3. The van der Waals surface area contributed by atoms with Crippen LogP contribution < -0.4 is 10.4 Å². The van der Waals surface area contributed by atoms with Crippen LogP contribution in [0.1, 0.15) is 11.1 Å². The number of halogens is 1. The van der Waals surface area contributed by atoms with E-state index in [2.05, 4.69) is 69.9 Å². The van der Waals surface area contributed by atoms with Gasteiger partial charge in [-0.15, -0.1) is 0 Å².